The third kappa shape index (κ3) is 6.56. The molecule has 0 aromatic heterocycles. The summed E-state index contributed by atoms with van der Waals surface area (Å²) in [5, 5.41) is 26.3. The van der Waals surface area contributed by atoms with Crippen LogP contribution in [0.4, 0.5) is 4.39 Å². The molecule has 4 N–H and O–H groups in total. The van der Waals surface area contributed by atoms with Crippen LogP contribution in [0.5, 0.6) is 5.75 Å². The van der Waals surface area contributed by atoms with Gasteiger partial charge in [-0.3, -0.25) is 14.1 Å². The summed E-state index contributed by atoms with van der Waals surface area (Å²) in [4.78, 5) is 24.9. The highest BCUT2D eigenvalue weighted by molar-refractivity contribution is 7.52. The lowest BCUT2D eigenvalue weighted by Gasteiger charge is -2.36. The van der Waals surface area contributed by atoms with Gasteiger partial charge in [-0.2, -0.15) is 5.09 Å². The first kappa shape index (κ1) is 28.8. The van der Waals surface area contributed by atoms with Gasteiger partial charge in [0.15, 0.2) is 6.23 Å². The van der Waals surface area contributed by atoms with Gasteiger partial charge in [-0.1, -0.05) is 24.8 Å². The van der Waals surface area contributed by atoms with E-state index in [0.717, 1.165) is 17.9 Å². The quantitative estimate of drug-likeness (QED) is 0.252. The topological polar surface area (TPSA) is 156 Å². The number of hydrogen-bond acceptors (Lipinski definition) is 10. The maximum Gasteiger partial charge on any atom is 0.459 e. The number of amides is 1. The predicted octanol–water partition coefficient (Wildman–Crippen LogP) is 1.67. The molecular weight excluding hydrogens is 512 g/mol. The molecule has 3 rings (SSSR count). The van der Waals surface area contributed by atoms with Gasteiger partial charge in [-0.25, -0.2) is 8.96 Å². The van der Waals surface area contributed by atoms with E-state index in [4.69, 9.17) is 18.5 Å². The van der Waals surface area contributed by atoms with Crippen LogP contribution in [0.2, 0.25) is 0 Å². The standard InChI is InChI=1S/C23H31FN3O9P/c1-14(2)34-19(29)15(3)26-37(32,36-17-9-7-6-8-10-17)33-13-23(24)20(30)22(5,31)21(35-23)27-12-11-18(28)25-16(27)4/h6-12,14-15,20-21,30-31H,4,13H2,1-3,5H3,(H,25,28)(H,26,32)/t15-,20-,21+,22+,23+,37+/m0/s1. The number of hydrogen-bond donors (Lipinski definition) is 4. The average molecular weight is 543 g/mol. The monoisotopic (exact) mass is 543 g/mol. The minimum atomic E-state index is -4.50. The van der Waals surface area contributed by atoms with Gasteiger partial charge in [0.05, 0.1) is 6.10 Å². The Bertz CT molecular complexity index is 1100. The summed E-state index contributed by atoms with van der Waals surface area (Å²) in [6.45, 7) is 8.18. The van der Waals surface area contributed by atoms with Crippen LogP contribution in [-0.4, -0.2) is 69.5 Å². The molecule has 2 aliphatic heterocycles. The molecule has 1 aromatic rings. The van der Waals surface area contributed by atoms with Crippen LogP contribution in [0.15, 0.2) is 55.0 Å². The Hall–Kier alpha value is -2.80. The van der Waals surface area contributed by atoms with E-state index in [2.05, 4.69) is 17.0 Å². The molecule has 6 atom stereocenters. The zero-order valence-corrected chi connectivity index (χ0v) is 21.7. The van der Waals surface area contributed by atoms with Crippen LogP contribution in [-0.2, 0) is 28.2 Å². The lowest BCUT2D eigenvalue weighted by molar-refractivity contribution is -0.206. The van der Waals surface area contributed by atoms with Crippen molar-refractivity contribution in [3.63, 3.8) is 0 Å². The van der Waals surface area contributed by atoms with Crippen molar-refractivity contribution in [2.24, 2.45) is 0 Å². The first-order valence-electron chi connectivity index (χ1n) is 11.4. The lowest BCUT2D eigenvalue weighted by atomic mass is 9.95. The molecule has 0 unspecified atom stereocenters. The molecule has 1 saturated heterocycles. The molecular formula is C23H31FN3O9P. The summed E-state index contributed by atoms with van der Waals surface area (Å²) >= 11 is 0. The van der Waals surface area contributed by atoms with Gasteiger partial charge >= 0.3 is 13.7 Å². The maximum atomic E-state index is 15.9. The van der Waals surface area contributed by atoms with Gasteiger partial charge in [-0.15, -0.1) is 0 Å². The van der Waals surface area contributed by atoms with Crippen molar-refractivity contribution in [1.29, 1.82) is 0 Å². The number of ether oxygens (including phenoxy) is 2. The van der Waals surface area contributed by atoms with Crippen molar-refractivity contribution in [3.8, 4) is 5.75 Å². The lowest BCUT2D eigenvalue weighted by Crippen LogP contribution is -2.54. The largest absolute Gasteiger partial charge is 0.462 e. The number of alkyl halides is 1. The Morgan fingerprint density at radius 2 is 2.00 bits per heavy atom. The van der Waals surface area contributed by atoms with E-state index in [0.29, 0.717) is 0 Å². The second-order valence-corrected chi connectivity index (χ2v) is 10.7. The summed E-state index contributed by atoms with van der Waals surface area (Å²) in [5.41, 5.74) is -2.24. The maximum absolute atomic E-state index is 15.9. The second kappa shape index (κ2) is 10.9. The molecule has 1 aromatic carbocycles. The molecule has 1 amide bonds. The predicted molar refractivity (Wildman–Crippen MR) is 128 cm³/mol. The Morgan fingerprint density at radius 1 is 1.35 bits per heavy atom. The summed E-state index contributed by atoms with van der Waals surface area (Å²) in [6.07, 6.45) is -1.91. The molecule has 37 heavy (non-hydrogen) atoms. The molecule has 0 spiro atoms. The molecule has 2 heterocycles. The minimum absolute atomic E-state index is 0.0348. The van der Waals surface area contributed by atoms with Gasteiger partial charge in [0.2, 0.25) is 0 Å². The average Bonchev–Trinajstić information content (AvgIpc) is 2.98. The molecule has 0 saturated carbocycles. The highest BCUT2D eigenvalue weighted by atomic mass is 31.2. The molecule has 0 aliphatic carbocycles. The Balaban J connectivity index is 1.82. The molecule has 14 heteroatoms. The molecule has 0 bridgehead atoms. The zero-order chi connectivity index (χ0) is 27.6. The van der Waals surface area contributed by atoms with E-state index >= 15 is 4.39 Å². The highest BCUT2D eigenvalue weighted by Gasteiger charge is 2.64. The van der Waals surface area contributed by atoms with Crippen molar-refractivity contribution in [3.05, 3.63) is 55.0 Å². The summed E-state index contributed by atoms with van der Waals surface area (Å²) < 4.78 is 50.7. The number of nitrogens with zero attached hydrogens (tertiary/aromatic N) is 1. The summed E-state index contributed by atoms with van der Waals surface area (Å²) in [6, 6.07) is 6.60. The second-order valence-electron chi connectivity index (χ2n) is 9.06. The van der Waals surface area contributed by atoms with Crippen LogP contribution in [0.25, 0.3) is 0 Å². The number of esters is 1. The van der Waals surface area contributed by atoms with Gasteiger partial charge in [0, 0.05) is 12.3 Å². The molecule has 0 radical (unpaired) electrons. The zero-order valence-electron chi connectivity index (χ0n) is 20.8. The fraction of sp³-hybridized carbons (Fsp3) is 0.478. The fourth-order valence-corrected chi connectivity index (χ4v) is 5.11. The van der Waals surface area contributed by atoms with E-state index in [1.165, 1.54) is 25.3 Å². The number of benzene rings is 1. The van der Waals surface area contributed by atoms with Gasteiger partial charge < -0.3 is 34.4 Å². The Kier molecular flexibility index (Phi) is 8.47. The van der Waals surface area contributed by atoms with Crippen LogP contribution >= 0.6 is 7.75 Å². The smallest absolute Gasteiger partial charge is 0.459 e. The number of para-hydroxylation sites is 1. The molecule has 1 fully saturated rings. The number of halogens is 1. The van der Waals surface area contributed by atoms with E-state index in [1.807, 2.05) is 0 Å². The third-order valence-corrected chi connectivity index (χ3v) is 7.07. The minimum Gasteiger partial charge on any atom is -0.462 e. The van der Waals surface area contributed by atoms with Crippen LogP contribution in [0, 0.1) is 0 Å². The number of aliphatic hydroxyl groups is 2. The number of nitrogens with one attached hydrogen (secondary N) is 2. The molecule has 2 aliphatic rings. The van der Waals surface area contributed by atoms with Gasteiger partial charge in [-0.05, 0) is 39.8 Å². The first-order valence-corrected chi connectivity index (χ1v) is 12.9. The third-order valence-electron chi connectivity index (χ3n) is 5.45. The fourth-order valence-electron chi connectivity index (χ4n) is 3.61. The van der Waals surface area contributed by atoms with Crippen molar-refractivity contribution < 1.29 is 47.3 Å². The molecule has 12 nitrogen and oxygen atoms in total. The van der Waals surface area contributed by atoms with E-state index in [1.54, 1.807) is 32.0 Å². The van der Waals surface area contributed by atoms with E-state index < -0.39 is 62.2 Å². The highest BCUT2D eigenvalue weighted by Crippen LogP contribution is 2.49. The van der Waals surface area contributed by atoms with E-state index in [-0.39, 0.29) is 11.6 Å². The van der Waals surface area contributed by atoms with Crippen LogP contribution < -0.4 is 14.9 Å². The van der Waals surface area contributed by atoms with Crippen LogP contribution in [0.3, 0.4) is 0 Å². The first-order chi connectivity index (χ1) is 17.2. The number of carbonyl (C=O) groups excluding carboxylic acids is 2. The number of aliphatic hydroxyl groups excluding tert-OH is 1. The molecule has 204 valence electrons. The van der Waals surface area contributed by atoms with Crippen molar-refractivity contribution in [2.75, 3.05) is 6.61 Å². The Morgan fingerprint density at radius 3 is 2.59 bits per heavy atom. The summed E-state index contributed by atoms with van der Waals surface area (Å²) in [7, 11) is -4.50. The van der Waals surface area contributed by atoms with Crippen molar-refractivity contribution in [1.82, 2.24) is 15.3 Å². The number of carbonyl (C=O) groups is 2. The number of rotatable bonds is 10. The van der Waals surface area contributed by atoms with Crippen LogP contribution in [0.1, 0.15) is 27.7 Å². The van der Waals surface area contributed by atoms with Gasteiger partial charge in [0.1, 0.15) is 35.9 Å². The SMILES string of the molecule is C=C1NC(=O)C=CN1[C@@H]1O[C@](F)(CO[P@](=O)(N[C@@H](C)C(=O)OC(C)C)Oc2ccccc2)[C@@H](O)[C@@]1(C)O. The Labute approximate surface area is 213 Å². The van der Waals surface area contributed by atoms with Crippen molar-refractivity contribution in [2.45, 2.75) is 63.6 Å². The normalized spacial score (nSPS) is 30.1. The van der Waals surface area contributed by atoms with Crippen molar-refractivity contribution >= 4 is 19.6 Å². The van der Waals surface area contributed by atoms with E-state index in [9.17, 15) is 24.4 Å². The van der Waals surface area contributed by atoms with Gasteiger partial charge in [0.25, 0.3) is 11.8 Å². The summed E-state index contributed by atoms with van der Waals surface area (Å²) in [5.74, 6) is -4.30.